The van der Waals surface area contributed by atoms with Gasteiger partial charge in [0.25, 0.3) is 0 Å². The molecule has 6 nitrogen and oxygen atoms in total. The minimum atomic E-state index is 0.537. The smallest absolute Gasteiger partial charge is 0.241 e. The molecule has 4 aromatic heterocycles. The minimum Gasteiger partial charge on any atom is -0.278 e. The molecular weight excluding hydrogens is 769 g/mol. The van der Waals surface area contributed by atoms with Crippen molar-refractivity contribution < 1.29 is 0 Å². The van der Waals surface area contributed by atoms with Crippen LogP contribution in [0.1, 0.15) is 0 Å². The quantitative estimate of drug-likeness (QED) is 0.179. The van der Waals surface area contributed by atoms with Crippen LogP contribution in [0, 0.1) is 0 Å². The SMILES string of the molecule is c1ccc2c(c1)-c1ccccc1-c1cc3c4ccccc4n(-c4nc(-n5c6ccccc6c6ccccc65)nc(-n5c6ccccc6c6ccccc65)n4)c3cc1-c1ccccc1-2. The highest BCUT2D eigenvalue weighted by atomic mass is 15.3. The predicted molar refractivity (Wildman–Crippen MR) is 258 cm³/mol. The Labute approximate surface area is 361 Å². The number of hydrogen-bond donors (Lipinski definition) is 0. The molecule has 0 atom stereocenters. The van der Waals surface area contributed by atoms with Crippen LogP contribution in [0.15, 0.2) is 206 Å². The Morgan fingerprint density at radius 1 is 0.206 bits per heavy atom. The number of para-hydroxylation sites is 5. The van der Waals surface area contributed by atoms with Crippen LogP contribution in [0.2, 0.25) is 0 Å². The molecule has 0 fully saturated rings. The second-order valence-electron chi connectivity index (χ2n) is 16.4. The molecule has 1 aliphatic rings. The van der Waals surface area contributed by atoms with Crippen LogP contribution in [-0.2, 0) is 0 Å². The first-order valence-electron chi connectivity index (χ1n) is 21.4. The summed E-state index contributed by atoms with van der Waals surface area (Å²) in [7, 11) is 0. The first-order chi connectivity index (χ1) is 31.3. The second kappa shape index (κ2) is 12.9. The van der Waals surface area contributed by atoms with Crippen molar-refractivity contribution in [3.8, 4) is 62.4 Å². The van der Waals surface area contributed by atoms with Crippen molar-refractivity contribution in [1.82, 2.24) is 28.7 Å². The number of fused-ring (bicyclic) bond motifs is 17. The Kier molecular flexibility index (Phi) is 7.02. The van der Waals surface area contributed by atoms with Gasteiger partial charge >= 0.3 is 0 Å². The highest BCUT2D eigenvalue weighted by Gasteiger charge is 2.26. The summed E-state index contributed by atoms with van der Waals surface area (Å²) in [5.41, 5.74) is 15.8. The molecule has 0 aliphatic heterocycles. The van der Waals surface area contributed by atoms with Gasteiger partial charge in [0.1, 0.15) is 0 Å². The van der Waals surface area contributed by atoms with E-state index in [9.17, 15) is 0 Å². The van der Waals surface area contributed by atoms with Gasteiger partial charge in [0.2, 0.25) is 17.8 Å². The van der Waals surface area contributed by atoms with Gasteiger partial charge in [0, 0.05) is 32.3 Å². The fraction of sp³-hybridized carbons (Fsp3) is 0. The summed E-state index contributed by atoms with van der Waals surface area (Å²) in [6, 6.07) is 74.0. The topological polar surface area (TPSA) is 53.5 Å². The number of nitrogens with zero attached hydrogens (tertiary/aromatic N) is 6. The monoisotopic (exact) mass is 802 g/mol. The van der Waals surface area contributed by atoms with Crippen LogP contribution in [0.4, 0.5) is 0 Å². The predicted octanol–water partition coefficient (Wildman–Crippen LogP) is 14.1. The number of benzene rings is 9. The van der Waals surface area contributed by atoms with Crippen molar-refractivity contribution in [2.45, 2.75) is 0 Å². The molecule has 13 aromatic rings. The summed E-state index contributed by atoms with van der Waals surface area (Å²) in [5, 5.41) is 6.83. The summed E-state index contributed by atoms with van der Waals surface area (Å²) in [6.45, 7) is 0. The molecule has 0 saturated heterocycles. The Hall–Kier alpha value is -8.61. The van der Waals surface area contributed by atoms with Crippen molar-refractivity contribution in [2.75, 3.05) is 0 Å². The molecule has 0 spiro atoms. The van der Waals surface area contributed by atoms with Gasteiger partial charge in [-0.25, -0.2) is 0 Å². The average molecular weight is 803 g/mol. The van der Waals surface area contributed by atoms with Crippen molar-refractivity contribution in [1.29, 1.82) is 0 Å². The number of aromatic nitrogens is 6. The maximum absolute atomic E-state index is 5.53. The third kappa shape index (κ3) is 4.80. The van der Waals surface area contributed by atoms with Crippen LogP contribution >= 0.6 is 0 Å². The Balaban J connectivity index is 1.13. The Bertz CT molecular complexity index is 3810. The summed E-state index contributed by atoms with van der Waals surface area (Å²) in [4.78, 5) is 16.5. The van der Waals surface area contributed by atoms with Crippen LogP contribution < -0.4 is 0 Å². The van der Waals surface area contributed by atoms with E-state index in [0.717, 1.165) is 71.0 Å². The van der Waals surface area contributed by atoms with E-state index in [1.807, 2.05) is 0 Å². The normalized spacial score (nSPS) is 12.1. The first kappa shape index (κ1) is 34.1. The molecule has 9 aromatic carbocycles. The molecule has 0 unspecified atom stereocenters. The number of hydrogen-bond acceptors (Lipinski definition) is 3. The van der Waals surface area contributed by atoms with E-state index in [0.29, 0.717) is 17.8 Å². The lowest BCUT2D eigenvalue weighted by molar-refractivity contribution is 0.848. The molecule has 6 heteroatoms. The zero-order valence-electron chi connectivity index (χ0n) is 33.8. The molecule has 0 amide bonds. The maximum Gasteiger partial charge on any atom is 0.241 e. The van der Waals surface area contributed by atoms with Gasteiger partial charge in [0.05, 0.1) is 33.1 Å². The van der Waals surface area contributed by atoms with Gasteiger partial charge in [-0.3, -0.25) is 13.7 Å². The molecule has 0 bridgehead atoms. The van der Waals surface area contributed by atoms with E-state index in [1.165, 1.54) is 38.9 Å². The molecule has 4 heterocycles. The van der Waals surface area contributed by atoms with Crippen LogP contribution in [0.3, 0.4) is 0 Å². The fourth-order valence-corrected chi connectivity index (χ4v) is 10.5. The molecule has 292 valence electrons. The summed E-state index contributed by atoms with van der Waals surface area (Å²) in [5.74, 6) is 1.62. The van der Waals surface area contributed by atoms with Gasteiger partial charge in [-0.1, -0.05) is 164 Å². The van der Waals surface area contributed by atoms with Crippen molar-refractivity contribution >= 4 is 65.4 Å². The fourth-order valence-electron chi connectivity index (χ4n) is 10.5. The second-order valence-corrected chi connectivity index (χ2v) is 16.4. The highest BCUT2D eigenvalue weighted by molar-refractivity contribution is 6.15. The van der Waals surface area contributed by atoms with E-state index in [4.69, 9.17) is 15.0 Å². The summed E-state index contributed by atoms with van der Waals surface area (Å²) < 4.78 is 6.64. The standard InChI is InChI=1S/C57H34N6/c1-2-18-36-35(17-1)37-19-3-5-21-39(37)46-33-48-45-27-11-16-32-53(45)63(54(48)34-47(46)40-22-6-4-20-38(36)40)57-59-55(61-49-28-12-7-23-41(49)42-24-8-13-29-50(42)61)58-56(60-57)62-51-30-14-9-25-43(51)44-26-10-15-31-52(44)62/h1-34H. The largest absolute Gasteiger partial charge is 0.278 e. The van der Waals surface area contributed by atoms with Gasteiger partial charge < -0.3 is 0 Å². The van der Waals surface area contributed by atoms with Crippen molar-refractivity contribution in [3.05, 3.63) is 206 Å². The Morgan fingerprint density at radius 2 is 0.444 bits per heavy atom. The van der Waals surface area contributed by atoms with E-state index < -0.39 is 0 Å². The lowest BCUT2D eigenvalue weighted by Gasteiger charge is -2.23. The molecule has 63 heavy (non-hydrogen) atoms. The molecular formula is C57H34N6. The van der Waals surface area contributed by atoms with E-state index in [2.05, 4.69) is 220 Å². The van der Waals surface area contributed by atoms with Crippen LogP contribution in [-0.4, -0.2) is 28.7 Å². The summed E-state index contributed by atoms with van der Waals surface area (Å²) >= 11 is 0. The lowest BCUT2D eigenvalue weighted by Crippen LogP contribution is -2.13. The molecule has 0 N–H and O–H groups in total. The number of rotatable bonds is 3. The molecule has 0 saturated carbocycles. The van der Waals surface area contributed by atoms with E-state index in [-0.39, 0.29) is 0 Å². The highest BCUT2D eigenvalue weighted by Crippen LogP contribution is 2.49. The zero-order chi connectivity index (χ0) is 41.2. The average Bonchev–Trinajstić information content (AvgIpc) is 3.99. The van der Waals surface area contributed by atoms with Gasteiger partial charge in [-0.05, 0) is 87.0 Å². The summed E-state index contributed by atoms with van der Waals surface area (Å²) in [6.07, 6.45) is 0. The minimum absolute atomic E-state index is 0.537. The van der Waals surface area contributed by atoms with Crippen molar-refractivity contribution in [2.24, 2.45) is 0 Å². The maximum atomic E-state index is 5.53. The van der Waals surface area contributed by atoms with Gasteiger partial charge in [-0.15, -0.1) is 0 Å². The molecule has 1 aliphatic carbocycles. The Morgan fingerprint density at radius 3 is 0.778 bits per heavy atom. The molecule has 14 rings (SSSR count). The van der Waals surface area contributed by atoms with Crippen LogP contribution in [0.5, 0.6) is 0 Å². The first-order valence-corrected chi connectivity index (χ1v) is 21.4. The van der Waals surface area contributed by atoms with E-state index in [1.54, 1.807) is 0 Å². The molecule has 0 radical (unpaired) electrons. The van der Waals surface area contributed by atoms with E-state index >= 15 is 0 Å². The van der Waals surface area contributed by atoms with Gasteiger partial charge in [0.15, 0.2) is 0 Å². The zero-order valence-corrected chi connectivity index (χ0v) is 33.8. The lowest BCUT2D eigenvalue weighted by atomic mass is 9.80. The van der Waals surface area contributed by atoms with Crippen LogP contribution in [0.25, 0.3) is 128 Å². The third-order valence-corrected chi connectivity index (χ3v) is 13.1. The third-order valence-electron chi connectivity index (χ3n) is 13.1. The van der Waals surface area contributed by atoms with Crippen molar-refractivity contribution in [3.63, 3.8) is 0 Å². The van der Waals surface area contributed by atoms with Gasteiger partial charge in [-0.2, -0.15) is 15.0 Å².